The number of carbonyl (C=O) groups is 2. The van der Waals surface area contributed by atoms with Crippen LogP contribution >= 0.6 is 0 Å². The van der Waals surface area contributed by atoms with E-state index < -0.39 is 5.97 Å². The highest BCUT2D eigenvalue weighted by Gasteiger charge is 2.10. The van der Waals surface area contributed by atoms with Crippen LogP contribution in [-0.2, 0) is 4.79 Å². The van der Waals surface area contributed by atoms with Crippen LogP contribution in [-0.4, -0.2) is 22.1 Å². The normalized spacial score (nSPS) is 10.4. The number of aromatic hydroxyl groups is 1. The van der Waals surface area contributed by atoms with E-state index in [4.69, 9.17) is 5.11 Å². The monoisotopic (exact) mass is 235 g/mol. The number of benzene rings is 1. The molecular weight excluding hydrogens is 222 g/mol. The van der Waals surface area contributed by atoms with Crippen molar-refractivity contribution >= 4 is 17.6 Å². The summed E-state index contributed by atoms with van der Waals surface area (Å²) >= 11 is 0. The Labute approximate surface area is 98.4 Å². The van der Waals surface area contributed by atoms with E-state index in [2.05, 4.69) is 5.32 Å². The fourth-order valence-electron chi connectivity index (χ4n) is 1.19. The van der Waals surface area contributed by atoms with Crippen molar-refractivity contribution in [1.82, 2.24) is 0 Å². The van der Waals surface area contributed by atoms with Crippen molar-refractivity contribution in [3.05, 3.63) is 35.9 Å². The summed E-state index contributed by atoms with van der Waals surface area (Å²) in [5.41, 5.74) is 0.0771. The largest absolute Gasteiger partial charge is 0.507 e. The maximum atomic E-state index is 11.3. The van der Waals surface area contributed by atoms with Crippen molar-refractivity contribution in [1.29, 1.82) is 0 Å². The third kappa shape index (κ3) is 3.64. The number of carboxylic acid groups (broad SMARTS) is 1. The molecule has 0 radical (unpaired) electrons. The molecule has 0 fully saturated rings. The van der Waals surface area contributed by atoms with E-state index in [1.54, 1.807) is 6.08 Å². The maximum absolute atomic E-state index is 11.3. The quantitative estimate of drug-likeness (QED) is 0.550. The number of phenols is 1. The third-order valence-electron chi connectivity index (χ3n) is 2.00. The zero-order valence-electron chi connectivity index (χ0n) is 9.30. The first-order valence-corrected chi connectivity index (χ1v) is 5.08. The van der Waals surface area contributed by atoms with Gasteiger partial charge in [0.1, 0.15) is 11.3 Å². The predicted molar refractivity (Wildman–Crippen MR) is 63.1 cm³/mol. The summed E-state index contributed by atoms with van der Waals surface area (Å²) in [6.45, 7) is 1.90. The van der Waals surface area contributed by atoms with Gasteiger partial charge >= 0.3 is 5.97 Å². The van der Waals surface area contributed by atoms with Crippen LogP contribution in [0.2, 0.25) is 0 Å². The third-order valence-corrected chi connectivity index (χ3v) is 2.00. The Morgan fingerprint density at radius 1 is 1.41 bits per heavy atom. The van der Waals surface area contributed by atoms with Gasteiger partial charge in [-0.1, -0.05) is 13.0 Å². The number of nitrogens with one attached hydrogen (secondary N) is 1. The van der Waals surface area contributed by atoms with Crippen molar-refractivity contribution in [2.75, 3.05) is 5.32 Å². The van der Waals surface area contributed by atoms with E-state index in [1.807, 2.05) is 6.92 Å². The molecule has 0 atom stereocenters. The molecule has 1 aromatic carbocycles. The van der Waals surface area contributed by atoms with Crippen LogP contribution in [0.3, 0.4) is 0 Å². The summed E-state index contributed by atoms with van der Waals surface area (Å²) in [5, 5.41) is 20.6. The summed E-state index contributed by atoms with van der Waals surface area (Å²) in [6, 6.07) is 3.86. The summed E-state index contributed by atoms with van der Waals surface area (Å²) in [4.78, 5) is 22.1. The van der Waals surface area contributed by atoms with Crippen molar-refractivity contribution in [3.63, 3.8) is 0 Å². The van der Waals surface area contributed by atoms with Crippen LogP contribution in [0, 0.1) is 0 Å². The van der Waals surface area contributed by atoms with Crippen LogP contribution in [0.4, 0.5) is 5.69 Å². The second kappa shape index (κ2) is 5.69. The second-order valence-corrected chi connectivity index (χ2v) is 3.34. The highest BCUT2D eigenvalue weighted by atomic mass is 16.4. The highest BCUT2D eigenvalue weighted by molar-refractivity contribution is 6.00. The minimum absolute atomic E-state index is 0.248. The molecule has 0 saturated carbocycles. The molecule has 0 bridgehead atoms. The number of hydrogen-bond donors (Lipinski definition) is 3. The van der Waals surface area contributed by atoms with E-state index in [0.29, 0.717) is 5.69 Å². The predicted octanol–water partition coefficient (Wildman–Crippen LogP) is 2.00. The first-order valence-electron chi connectivity index (χ1n) is 5.08. The van der Waals surface area contributed by atoms with E-state index in [1.165, 1.54) is 24.3 Å². The number of hydrogen-bond acceptors (Lipinski definition) is 3. The van der Waals surface area contributed by atoms with Gasteiger partial charge in [-0.3, -0.25) is 4.79 Å². The maximum Gasteiger partial charge on any atom is 0.339 e. The average molecular weight is 235 g/mol. The molecule has 0 aliphatic heterocycles. The smallest absolute Gasteiger partial charge is 0.339 e. The van der Waals surface area contributed by atoms with Crippen LogP contribution in [0.5, 0.6) is 5.75 Å². The van der Waals surface area contributed by atoms with Crippen molar-refractivity contribution in [2.24, 2.45) is 0 Å². The van der Waals surface area contributed by atoms with Gasteiger partial charge in [0, 0.05) is 5.69 Å². The molecule has 5 heteroatoms. The van der Waals surface area contributed by atoms with Gasteiger partial charge in [-0.2, -0.15) is 0 Å². The lowest BCUT2D eigenvalue weighted by atomic mass is 10.2. The van der Waals surface area contributed by atoms with E-state index in [9.17, 15) is 14.7 Å². The van der Waals surface area contributed by atoms with Gasteiger partial charge in [0.05, 0.1) is 0 Å². The molecule has 90 valence electrons. The number of carbonyl (C=O) groups excluding carboxylic acids is 1. The first-order chi connectivity index (χ1) is 8.04. The molecule has 0 aromatic heterocycles. The Balaban J connectivity index is 2.86. The van der Waals surface area contributed by atoms with Crippen LogP contribution in [0.1, 0.15) is 23.7 Å². The Bertz CT molecular complexity index is 466. The number of allylic oxidation sites excluding steroid dienone is 1. The van der Waals surface area contributed by atoms with E-state index in [0.717, 1.165) is 6.42 Å². The number of carboxylic acids is 1. The van der Waals surface area contributed by atoms with E-state index >= 15 is 0 Å². The molecule has 17 heavy (non-hydrogen) atoms. The van der Waals surface area contributed by atoms with Gasteiger partial charge < -0.3 is 15.5 Å². The topological polar surface area (TPSA) is 86.6 Å². The molecule has 1 rings (SSSR count). The van der Waals surface area contributed by atoms with Gasteiger partial charge in [0.25, 0.3) is 0 Å². The fourth-order valence-corrected chi connectivity index (χ4v) is 1.19. The zero-order valence-corrected chi connectivity index (χ0v) is 9.30. The van der Waals surface area contributed by atoms with Gasteiger partial charge in [0.2, 0.25) is 5.91 Å². The van der Waals surface area contributed by atoms with Crippen molar-refractivity contribution in [3.8, 4) is 5.75 Å². The standard InChI is InChI=1S/C12H13NO4/c1-2-3-4-11(15)13-8-5-6-10(14)9(7-8)12(16)17/h3-7,14H,2H2,1H3,(H,13,15)(H,16,17). The number of amides is 1. The van der Waals surface area contributed by atoms with Crippen LogP contribution in [0.25, 0.3) is 0 Å². The highest BCUT2D eigenvalue weighted by Crippen LogP contribution is 2.21. The van der Waals surface area contributed by atoms with Gasteiger partial charge in [-0.25, -0.2) is 4.79 Å². The van der Waals surface area contributed by atoms with Gasteiger partial charge in [-0.15, -0.1) is 0 Å². The lowest BCUT2D eigenvalue weighted by Crippen LogP contribution is -2.08. The molecular formula is C12H13NO4. The Hall–Kier alpha value is -2.30. The molecule has 1 amide bonds. The first kappa shape index (κ1) is 12.8. The molecule has 3 N–H and O–H groups in total. The molecule has 5 nitrogen and oxygen atoms in total. The molecule has 0 spiro atoms. The molecule has 0 unspecified atom stereocenters. The molecule has 1 aromatic rings. The SMILES string of the molecule is CCC=CC(=O)Nc1ccc(O)c(C(=O)O)c1. The summed E-state index contributed by atoms with van der Waals surface area (Å²) < 4.78 is 0. The van der Waals surface area contributed by atoms with Crippen LogP contribution < -0.4 is 5.32 Å². The molecule has 0 aliphatic rings. The Kier molecular flexibility index (Phi) is 4.28. The molecule has 0 aliphatic carbocycles. The summed E-state index contributed by atoms with van der Waals surface area (Å²) in [6.07, 6.45) is 3.80. The summed E-state index contributed by atoms with van der Waals surface area (Å²) in [5.74, 6) is -1.92. The molecule has 0 heterocycles. The molecule has 0 saturated heterocycles. The Morgan fingerprint density at radius 2 is 2.12 bits per heavy atom. The van der Waals surface area contributed by atoms with Gasteiger partial charge in [0.15, 0.2) is 0 Å². The van der Waals surface area contributed by atoms with Gasteiger partial charge in [-0.05, 0) is 30.7 Å². The number of rotatable bonds is 4. The van der Waals surface area contributed by atoms with Crippen LogP contribution in [0.15, 0.2) is 30.4 Å². The number of aromatic carboxylic acids is 1. The van der Waals surface area contributed by atoms with E-state index in [-0.39, 0.29) is 17.2 Å². The zero-order chi connectivity index (χ0) is 12.8. The van der Waals surface area contributed by atoms with Crippen molar-refractivity contribution < 1.29 is 19.8 Å². The summed E-state index contributed by atoms with van der Waals surface area (Å²) in [7, 11) is 0. The minimum atomic E-state index is -1.25. The second-order valence-electron chi connectivity index (χ2n) is 3.34. The number of anilines is 1. The van der Waals surface area contributed by atoms with Crippen molar-refractivity contribution in [2.45, 2.75) is 13.3 Å². The lowest BCUT2D eigenvalue weighted by Gasteiger charge is -2.05. The average Bonchev–Trinajstić information content (AvgIpc) is 2.28. The lowest BCUT2D eigenvalue weighted by molar-refractivity contribution is -0.111. The fraction of sp³-hybridized carbons (Fsp3) is 0.167. The Morgan fingerprint density at radius 3 is 2.71 bits per heavy atom. The minimum Gasteiger partial charge on any atom is -0.507 e.